The molecule has 0 radical (unpaired) electrons. The topological polar surface area (TPSA) is 141 Å². The number of thiophene rings is 1. The van der Waals surface area contributed by atoms with Crippen LogP contribution in [0.1, 0.15) is 23.8 Å². The largest absolute Gasteiger partial charge is 0.325 e. The Morgan fingerprint density at radius 1 is 1.32 bits per heavy atom. The molecule has 0 saturated heterocycles. The molecule has 1 amide bonds. The van der Waals surface area contributed by atoms with Gasteiger partial charge in [0, 0.05) is 11.1 Å². The number of amides is 1. The number of aromatic amines is 3. The molecule has 0 fully saturated rings. The summed E-state index contributed by atoms with van der Waals surface area (Å²) in [7, 11) is 0. The second-order valence-electron chi connectivity index (χ2n) is 6.73. The van der Waals surface area contributed by atoms with Crippen LogP contribution < -0.4 is 22.1 Å². The third kappa shape index (κ3) is 3.67. The van der Waals surface area contributed by atoms with Crippen molar-refractivity contribution in [3.63, 3.8) is 0 Å². The van der Waals surface area contributed by atoms with Crippen molar-refractivity contribution >= 4 is 44.9 Å². The first-order valence-electron chi connectivity index (χ1n) is 8.70. The van der Waals surface area contributed by atoms with Gasteiger partial charge in [-0.05, 0) is 30.7 Å². The summed E-state index contributed by atoms with van der Waals surface area (Å²) in [5.41, 5.74) is -0.466. The summed E-state index contributed by atoms with van der Waals surface area (Å²) >= 11 is 2.62. The number of anilines is 1. The zero-order chi connectivity index (χ0) is 19.8. The van der Waals surface area contributed by atoms with Crippen molar-refractivity contribution in [2.75, 3.05) is 11.1 Å². The molecule has 3 aromatic rings. The predicted molar refractivity (Wildman–Crippen MR) is 108 cm³/mol. The number of fused-ring (bicyclic) bond motifs is 3. The molecule has 11 heteroatoms. The summed E-state index contributed by atoms with van der Waals surface area (Å²) < 4.78 is 0. The highest BCUT2D eigenvalue weighted by Gasteiger charge is 2.23. The van der Waals surface area contributed by atoms with E-state index in [1.807, 2.05) is 4.98 Å². The van der Waals surface area contributed by atoms with Gasteiger partial charge in [0.1, 0.15) is 10.5 Å². The normalized spacial score (nSPS) is 16.1. The third-order valence-electron chi connectivity index (χ3n) is 4.58. The SMILES string of the molecule is C[C@H]1CCc2c(sc3nc(SCC(=O)Nc4c[nH]c(=O)[nH]c4=O)[nH]c(=O)c23)C1. The molecule has 1 aliphatic rings. The minimum absolute atomic E-state index is 0.0465. The van der Waals surface area contributed by atoms with E-state index in [-0.39, 0.29) is 17.0 Å². The maximum atomic E-state index is 12.5. The monoisotopic (exact) mass is 419 g/mol. The molecule has 4 N–H and O–H groups in total. The molecule has 9 nitrogen and oxygen atoms in total. The van der Waals surface area contributed by atoms with Crippen molar-refractivity contribution in [2.45, 2.75) is 31.3 Å². The molecule has 0 aliphatic heterocycles. The standard InChI is InChI=1S/C17H17N5O4S2/c1-7-2-3-8-10(4-7)28-15-12(8)14(25)21-17(22-15)27-6-11(23)19-9-5-18-16(26)20-13(9)24/h5,7H,2-4,6H2,1H3,(H,19,23)(H,21,22,25)(H2,18,20,24,26)/t7-/m0/s1. The van der Waals surface area contributed by atoms with Crippen molar-refractivity contribution < 1.29 is 4.79 Å². The van der Waals surface area contributed by atoms with E-state index in [2.05, 4.69) is 27.2 Å². The van der Waals surface area contributed by atoms with Gasteiger partial charge in [0.05, 0.1) is 11.1 Å². The van der Waals surface area contributed by atoms with Crippen LogP contribution in [0.15, 0.2) is 25.7 Å². The smallest absolute Gasteiger partial charge is 0.320 e. The molecule has 146 valence electrons. The maximum Gasteiger partial charge on any atom is 0.325 e. The zero-order valence-corrected chi connectivity index (χ0v) is 16.5. The summed E-state index contributed by atoms with van der Waals surface area (Å²) in [6.45, 7) is 2.21. The van der Waals surface area contributed by atoms with E-state index in [0.717, 1.165) is 42.8 Å². The van der Waals surface area contributed by atoms with Gasteiger partial charge in [-0.25, -0.2) is 9.78 Å². The Morgan fingerprint density at radius 3 is 2.93 bits per heavy atom. The lowest BCUT2D eigenvalue weighted by molar-refractivity contribution is -0.113. The first-order chi connectivity index (χ1) is 13.4. The van der Waals surface area contributed by atoms with Crippen molar-refractivity contribution in [1.29, 1.82) is 0 Å². The van der Waals surface area contributed by atoms with Gasteiger partial charge in [0.2, 0.25) is 5.91 Å². The molecule has 3 heterocycles. The number of carbonyl (C=O) groups excluding carboxylic acids is 1. The zero-order valence-electron chi connectivity index (χ0n) is 14.9. The Hall–Kier alpha value is -2.66. The lowest BCUT2D eigenvalue weighted by Gasteiger charge is -2.17. The van der Waals surface area contributed by atoms with Gasteiger partial charge < -0.3 is 15.3 Å². The summed E-state index contributed by atoms with van der Waals surface area (Å²) in [4.78, 5) is 60.7. The Bertz CT molecular complexity index is 1240. The Labute approximate surface area is 166 Å². The van der Waals surface area contributed by atoms with Gasteiger partial charge in [-0.2, -0.15) is 0 Å². The number of aromatic nitrogens is 4. The second-order valence-corrected chi connectivity index (χ2v) is 8.77. The van der Waals surface area contributed by atoms with E-state index in [1.165, 1.54) is 4.88 Å². The molecule has 0 bridgehead atoms. The molecule has 1 atom stereocenters. The molecule has 28 heavy (non-hydrogen) atoms. The van der Waals surface area contributed by atoms with Crippen LogP contribution in [0.25, 0.3) is 10.2 Å². The first kappa shape index (κ1) is 18.7. The fourth-order valence-electron chi connectivity index (χ4n) is 3.22. The van der Waals surface area contributed by atoms with Gasteiger partial charge in [-0.1, -0.05) is 18.7 Å². The number of aryl methyl sites for hydroxylation is 1. The van der Waals surface area contributed by atoms with Crippen LogP contribution in [0.3, 0.4) is 0 Å². The molecule has 1 aliphatic carbocycles. The van der Waals surface area contributed by atoms with Gasteiger partial charge >= 0.3 is 5.69 Å². The van der Waals surface area contributed by atoms with Crippen LogP contribution in [-0.2, 0) is 17.6 Å². The molecular weight excluding hydrogens is 402 g/mol. The van der Waals surface area contributed by atoms with Crippen LogP contribution in [0.2, 0.25) is 0 Å². The van der Waals surface area contributed by atoms with Gasteiger partial charge in [-0.3, -0.25) is 19.4 Å². The molecule has 3 aromatic heterocycles. The van der Waals surface area contributed by atoms with Crippen molar-refractivity contribution in [1.82, 2.24) is 19.9 Å². The number of nitrogens with zero attached hydrogens (tertiary/aromatic N) is 1. The molecule has 0 unspecified atom stereocenters. The highest BCUT2D eigenvalue weighted by Crippen LogP contribution is 2.36. The number of thioether (sulfide) groups is 1. The molecule has 0 spiro atoms. The highest BCUT2D eigenvalue weighted by molar-refractivity contribution is 7.99. The fraction of sp³-hybridized carbons (Fsp3) is 0.353. The van der Waals surface area contributed by atoms with E-state index in [9.17, 15) is 19.2 Å². The summed E-state index contributed by atoms with van der Waals surface area (Å²) in [5.74, 6) is 0.104. The van der Waals surface area contributed by atoms with E-state index in [1.54, 1.807) is 11.3 Å². The molecule has 4 rings (SSSR count). The van der Waals surface area contributed by atoms with Gasteiger partial charge in [0.15, 0.2) is 5.16 Å². The predicted octanol–water partition coefficient (Wildman–Crippen LogP) is 1.22. The number of H-pyrrole nitrogens is 3. The summed E-state index contributed by atoms with van der Waals surface area (Å²) in [6, 6.07) is 0. The Kier molecular flexibility index (Phi) is 4.94. The maximum absolute atomic E-state index is 12.5. The Balaban J connectivity index is 1.50. The van der Waals surface area contributed by atoms with Crippen molar-refractivity contribution in [3.8, 4) is 0 Å². The van der Waals surface area contributed by atoms with E-state index < -0.39 is 17.2 Å². The average molecular weight is 419 g/mol. The summed E-state index contributed by atoms with van der Waals surface area (Å²) in [6.07, 6.45) is 4.06. The molecule has 0 saturated carbocycles. The minimum Gasteiger partial charge on any atom is -0.320 e. The van der Waals surface area contributed by atoms with Crippen LogP contribution in [0.4, 0.5) is 5.69 Å². The highest BCUT2D eigenvalue weighted by atomic mass is 32.2. The second kappa shape index (κ2) is 7.40. The van der Waals surface area contributed by atoms with Gasteiger partial charge in [-0.15, -0.1) is 11.3 Å². The third-order valence-corrected chi connectivity index (χ3v) is 6.60. The Morgan fingerprint density at radius 2 is 2.14 bits per heavy atom. The van der Waals surface area contributed by atoms with Crippen LogP contribution in [0.5, 0.6) is 0 Å². The quantitative estimate of drug-likeness (QED) is 0.370. The average Bonchev–Trinajstić information content (AvgIpc) is 3.00. The van der Waals surface area contributed by atoms with E-state index in [4.69, 9.17) is 0 Å². The van der Waals surface area contributed by atoms with E-state index >= 15 is 0 Å². The lowest BCUT2D eigenvalue weighted by Crippen LogP contribution is -2.27. The van der Waals surface area contributed by atoms with E-state index in [0.29, 0.717) is 21.3 Å². The van der Waals surface area contributed by atoms with Crippen LogP contribution >= 0.6 is 23.1 Å². The number of nitrogens with one attached hydrogen (secondary N) is 4. The number of hydrogen-bond acceptors (Lipinski definition) is 7. The van der Waals surface area contributed by atoms with Crippen molar-refractivity contribution in [2.24, 2.45) is 5.92 Å². The minimum atomic E-state index is -0.687. The first-order valence-corrected chi connectivity index (χ1v) is 10.5. The summed E-state index contributed by atoms with van der Waals surface area (Å²) in [5, 5.41) is 3.44. The number of rotatable bonds is 4. The number of carbonyl (C=O) groups is 1. The number of hydrogen-bond donors (Lipinski definition) is 4. The van der Waals surface area contributed by atoms with Crippen LogP contribution in [0, 0.1) is 5.92 Å². The van der Waals surface area contributed by atoms with Crippen molar-refractivity contribution in [3.05, 3.63) is 47.8 Å². The fourth-order valence-corrected chi connectivity index (χ4v) is 5.32. The lowest BCUT2D eigenvalue weighted by atomic mass is 9.89. The van der Waals surface area contributed by atoms with Crippen LogP contribution in [-0.4, -0.2) is 31.6 Å². The molecular formula is C17H17N5O4S2. The van der Waals surface area contributed by atoms with Gasteiger partial charge in [0.25, 0.3) is 11.1 Å². The molecule has 0 aromatic carbocycles.